The van der Waals surface area contributed by atoms with Gasteiger partial charge in [-0.25, -0.2) is 8.42 Å². The Hall–Kier alpha value is -3.23. The number of thioether (sulfide) groups is 1. The van der Waals surface area contributed by atoms with E-state index in [1.165, 1.54) is 31.3 Å². The van der Waals surface area contributed by atoms with Crippen LogP contribution in [0.25, 0.3) is 10.8 Å². The molecule has 2 rings (SSSR count). The lowest BCUT2D eigenvalue weighted by molar-refractivity contribution is -0.159. The van der Waals surface area contributed by atoms with Crippen LogP contribution in [0.1, 0.15) is 40.5 Å². The molecule has 234 valence electrons. The molecule has 5 N–H and O–H groups in total. The van der Waals surface area contributed by atoms with Gasteiger partial charge in [0.1, 0.15) is 18.2 Å². The van der Waals surface area contributed by atoms with Crippen molar-refractivity contribution < 1.29 is 32.2 Å². The quantitative estimate of drug-likeness (QED) is 0.109. The van der Waals surface area contributed by atoms with E-state index in [0.717, 1.165) is 11.1 Å². The van der Waals surface area contributed by atoms with Crippen molar-refractivity contribution in [3.05, 3.63) is 30.3 Å². The van der Waals surface area contributed by atoms with E-state index in [1.807, 2.05) is 6.92 Å². The highest BCUT2D eigenvalue weighted by Gasteiger charge is 2.31. The minimum atomic E-state index is -4.18. The third-order valence-electron chi connectivity index (χ3n) is 5.93. The number of sulfonamides is 1. The molecule has 14 heteroatoms. The zero-order valence-corrected chi connectivity index (χ0v) is 26.8. The molecular weight excluding hydrogens is 582 g/mol. The number of methoxy groups -OCH3 is 2. The van der Waals surface area contributed by atoms with Crippen LogP contribution in [0.3, 0.4) is 0 Å². The molecule has 0 fully saturated rings. The highest BCUT2D eigenvalue weighted by Crippen LogP contribution is 2.33. The van der Waals surface area contributed by atoms with Gasteiger partial charge >= 0.3 is 5.97 Å². The van der Waals surface area contributed by atoms with Crippen molar-refractivity contribution in [3.8, 4) is 11.5 Å². The first-order chi connectivity index (χ1) is 19.7. The van der Waals surface area contributed by atoms with Gasteiger partial charge in [0.25, 0.3) is 0 Å². The number of rotatable bonds is 16. The number of fused-ring (bicyclic) bond motifs is 1. The van der Waals surface area contributed by atoms with E-state index in [9.17, 15) is 18.0 Å². The molecule has 0 aromatic heterocycles. The van der Waals surface area contributed by atoms with Gasteiger partial charge in [0, 0.05) is 18.8 Å². The molecular formula is C28H43N5O7S2. The molecule has 0 radical (unpaired) electrons. The molecule has 2 aromatic carbocycles. The molecule has 0 spiro atoms. The fraction of sp³-hybridized carbons (Fsp3) is 0.536. The smallest absolute Gasteiger partial charge is 0.326 e. The van der Waals surface area contributed by atoms with E-state index in [-0.39, 0.29) is 36.9 Å². The molecule has 1 amide bonds. The maximum absolute atomic E-state index is 13.8. The Bertz CT molecular complexity index is 1360. The standard InChI is InChI=1S/C28H43N5O7S2/c1-7-41-14-13-33(18-25(34)40-28(2,3)4)26(35)22(9-8-12-31-27(29)30)32-42(36,37)21-11-10-19-16-23(38-5)24(39-6)17-20(19)15-21/h10-11,15-17,22,32H,7-9,12-14,18H2,1-6H3,(H4,29,30,31)/t22-/m0/s1. The van der Waals surface area contributed by atoms with Gasteiger partial charge in [-0.2, -0.15) is 16.5 Å². The van der Waals surface area contributed by atoms with Gasteiger partial charge in [-0.3, -0.25) is 14.6 Å². The van der Waals surface area contributed by atoms with Gasteiger partial charge in [-0.05, 0) is 74.4 Å². The van der Waals surface area contributed by atoms with E-state index in [0.29, 0.717) is 29.1 Å². The monoisotopic (exact) mass is 625 g/mol. The van der Waals surface area contributed by atoms with Crippen molar-refractivity contribution in [2.75, 3.05) is 45.4 Å². The number of esters is 1. The fourth-order valence-corrected chi connectivity index (χ4v) is 5.94. The zero-order valence-electron chi connectivity index (χ0n) is 25.1. The summed E-state index contributed by atoms with van der Waals surface area (Å²) in [6.45, 7) is 7.31. The second-order valence-electron chi connectivity index (χ2n) is 10.4. The summed E-state index contributed by atoms with van der Waals surface area (Å²) in [6, 6.07) is 6.85. The number of carbonyl (C=O) groups excluding carboxylic acids is 2. The SMILES string of the molecule is CCSCCN(CC(=O)OC(C)(C)C)C(=O)[C@H](CCCN=C(N)N)NS(=O)(=O)c1ccc2cc(OC)c(OC)cc2c1. The van der Waals surface area contributed by atoms with Crippen LogP contribution in [-0.2, 0) is 24.3 Å². The minimum absolute atomic E-state index is 0.0375. The van der Waals surface area contributed by atoms with Crippen LogP contribution in [0, 0.1) is 0 Å². The Kier molecular flexibility index (Phi) is 13.2. The van der Waals surface area contributed by atoms with Crippen molar-refractivity contribution in [1.29, 1.82) is 0 Å². The van der Waals surface area contributed by atoms with Crippen LogP contribution in [0.15, 0.2) is 40.2 Å². The van der Waals surface area contributed by atoms with Gasteiger partial charge in [0.05, 0.1) is 19.1 Å². The predicted octanol–water partition coefficient (Wildman–Crippen LogP) is 2.48. The summed E-state index contributed by atoms with van der Waals surface area (Å²) in [4.78, 5) is 31.7. The number of guanidine groups is 1. The van der Waals surface area contributed by atoms with Crippen molar-refractivity contribution in [2.45, 2.75) is 57.1 Å². The van der Waals surface area contributed by atoms with E-state index >= 15 is 0 Å². The molecule has 0 saturated heterocycles. The first kappa shape index (κ1) is 35.0. The first-order valence-corrected chi connectivity index (χ1v) is 16.2. The van der Waals surface area contributed by atoms with Crippen LogP contribution < -0.4 is 25.7 Å². The summed E-state index contributed by atoms with van der Waals surface area (Å²) in [5.41, 5.74) is 10.1. The molecule has 0 aliphatic rings. The summed E-state index contributed by atoms with van der Waals surface area (Å²) in [5, 5.41) is 1.35. The second kappa shape index (κ2) is 15.8. The Morgan fingerprint density at radius 3 is 2.29 bits per heavy atom. The Morgan fingerprint density at radius 1 is 1.07 bits per heavy atom. The highest BCUT2D eigenvalue weighted by molar-refractivity contribution is 7.99. The summed E-state index contributed by atoms with van der Waals surface area (Å²) in [5.74, 6) is 1.11. The van der Waals surface area contributed by atoms with Gasteiger partial charge in [-0.1, -0.05) is 13.0 Å². The lowest BCUT2D eigenvalue weighted by atomic mass is 10.1. The van der Waals surface area contributed by atoms with Crippen molar-refractivity contribution >= 4 is 50.4 Å². The lowest BCUT2D eigenvalue weighted by Crippen LogP contribution is -2.51. The van der Waals surface area contributed by atoms with Crippen molar-refractivity contribution in [2.24, 2.45) is 16.5 Å². The fourth-order valence-electron chi connectivity index (χ4n) is 4.05. The van der Waals surface area contributed by atoms with Gasteiger partial charge < -0.3 is 30.6 Å². The zero-order chi connectivity index (χ0) is 31.5. The first-order valence-electron chi connectivity index (χ1n) is 13.5. The summed E-state index contributed by atoms with van der Waals surface area (Å²) in [6.07, 6.45) is 0.411. The van der Waals surface area contributed by atoms with Crippen molar-refractivity contribution in [1.82, 2.24) is 9.62 Å². The molecule has 2 aromatic rings. The number of nitrogens with two attached hydrogens (primary N) is 2. The molecule has 0 saturated carbocycles. The number of hydrogen-bond donors (Lipinski definition) is 3. The molecule has 12 nitrogen and oxygen atoms in total. The molecule has 0 bridgehead atoms. The van der Waals surface area contributed by atoms with Crippen LogP contribution in [0.4, 0.5) is 0 Å². The van der Waals surface area contributed by atoms with E-state index in [2.05, 4.69) is 9.71 Å². The van der Waals surface area contributed by atoms with E-state index in [1.54, 1.807) is 50.7 Å². The average Bonchev–Trinajstić information content (AvgIpc) is 2.91. The highest BCUT2D eigenvalue weighted by atomic mass is 32.2. The van der Waals surface area contributed by atoms with Crippen LogP contribution in [0.2, 0.25) is 0 Å². The normalized spacial score (nSPS) is 12.4. The molecule has 0 aliphatic carbocycles. The van der Waals surface area contributed by atoms with Crippen LogP contribution in [-0.4, -0.2) is 88.2 Å². The average molecular weight is 626 g/mol. The third kappa shape index (κ3) is 10.9. The summed E-state index contributed by atoms with van der Waals surface area (Å²) in [7, 11) is -1.17. The Balaban J connectivity index is 2.41. The number of benzene rings is 2. The molecule has 42 heavy (non-hydrogen) atoms. The number of carbonyl (C=O) groups is 2. The van der Waals surface area contributed by atoms with E-state index < -0.39 is 33.5 Å². The number of ether oxygens (including phenoxy) is 3. The number of aliphatic imine (C=N–C) groups is 1. The van der Waals surface area contributed by atoms with Crippen molar-refractivity contribution in [3.63, 3.8) is 0 Å². The summed E-state index contributed by atoms with van der Waals surface area (Å²) >= 11 is 1.60. The molecule has 1 atom stereocenters. The molecule has 0 aliphatic heterocycles. The Morgan fingerprint density at radius 2 is 1.71 bits per heavy atom. The number of nitrogens with zero attached hydrogens (tertiary/aromatic N) is 2. The number of nitrogens with one attached hydrogen (secondary N) is 1. The number of amides is 1. The van der Waals surface area contributed by atoms with Gasteiger partial charge in [-0.15, -0.1) is 0 Å². The molecule has 0 unspecified atom stereocenters. The summed E-state index contributed by atoms with van der Waals surface area (Å²) < 4.78 is 45.9. The van der Waals surface area contributed by atoms with Crippen LogP contribution in [0.5, 0.6) is 11.5 Å². The maximum Gasteiger partial charge on any atom is 0.326 e. The van der Waals surface area contributed by atoms with Gasteiger partial charge in [0.15, 0.2) is 17.5 Å². The third-order valence-corrected chi connectivity index (χ3v) is 8.28. The molecule has 0 heterocycles. The minimum Gasteiger partial charge on any atom is -0.493 e. The van der Waals surface area contributed by atoms with Gasteiger partial charge in [0.2, 0.25) is 15.9 Å². The second-order valence-corrected chi connectivity index (χ2v) is 13.5. The van der Waals surface area contributed by atoms with E-state index in [4.69, 9.17) is 25.7 Å². The number of hydrogen-bond acceptors (Lipinski definition) is 9. The Labute approximate surface area is 252 Å². The van der Waals surface area contributed by atoms with Crippen LogP contribution >= 0.6 is 11.8 Å². The maximum atomic E-state index is 13.8. The lowest BCUT2D eigenvalue weighted by Gasteiger charge is -2.28. The largest absolute Gasteiger partial charge is 0.493 e. The topological polar surface area (TPSA) is 176 Å². The predicted molar refractivity (Wildman–Crippen MR) is 166 cm³/mol.